The lowest BCUT2D eigenvalue weighted by Gasteiger charge is -2.23. The van der Waals surface area contributed by atoms with Crippen LogP contribution < -0.4 is 20.3 Å². The minimum Gasteiger partial charge on any atom is -0.493 e. The number of ether oxygens (including phenoxy) is 2. The average molecular weight is 319 g/mol. The Balaban J connectivity index is 1.73. The Kier molecular flexibility index (Phi) is 4.73. The van der Waals surface area contributed by atoms with E-state index in [0.717, 1.165) is 43.9 Å². The Hall–Kier alpha value is -1.79. The molecule has 2 atom stereocenters. The van der Waals surface area contributed by atoms with Crippen molar-refractivity contribution in [2.75, 3.05) is 27.3 Å². The molecule has 2 N–H and O–H groups in total. The number of hydrogen-bond acceptors (Lipinski definition) is 5. The number of nitrogens with zero attached hydrogens (tertiary/aromatic N) is 1. The standard InChI is InChI=1S/C17H25N3O3/c1-11-8-14(19-18-11)17(21)20-6-4-12-9-15(22-2)16(23-3)10-13(12)5-7-20/h9-11,14,18-19H,4-8H2,1-3H3. The van der Waals surface area contributed by atoms with Gasteiger partial charge < -0.3 is 14.4 Å². The molecule has 0 radical (unpaired) electrons. The van der Waals surface area contributed by atoms with Gasteiger partial charge in [0, 0.05) is 19.1 Å². The zero-order valence-corrected chi connectivity index (χ0v) is 14.0. The van der Waals surface area contributed by atoms with Crippen LogP contribution in [-0.4, -0.2) is 50.2 Å². The van der Waals surface area contributed by atoms with E-state index in [1.807, 2.05) is 17.0 Å². The fourth-order valence-corrected chi connectivity index (χ4v) is 3.37. The molecular formula is C17H25N3O3. The van der Waals surface area contributed by atoms with Crippen molar-refractivity contribution in [3.8, 4) is 11.5 Å². The van der Waals surface area contributed by atoms with E-state index >= 15 is 0 Å². The van der Waals surface area contributed by atoms with Crippen molar-refractivity contribution in [3.63, 3.8) is 0 Å². The first kappa shape index (κ1) is 16.1. The number of hydrazine groups is 1. The van der Waals surface area contributed by atoms with Crippen LogP contribution in [0.15, 0.2) is 12.1 Å². The van der Waals surface area contributed by atoms with E-state index in [1.54, 1.807) is 14.2 Å². The van der Waals surface area contributed by atoms with E-state index in [9.17, 15) is 4.79 Å². The molecule has 126 valence electrons. The van der Waals surface area contributed by atoms with Crippen LogP contribution in [0.5, 0.6) is 11.5 Å². The third kappa shape index (κ3) is 3.28. The van der Waals surface area contributed by atoms with Gasteiger partial charge in [-0.1, -0.05) is 0 Å². The van der Waals surface area contributed by atoms with E-state index in [2.05, 4.69) is 17.8 Å². The number of methoxy groups -OCH3 is 2. The molecule has 1 fully saturated rings. The highest BCUT2D eigenvalue weighted by molar-refractivity contribution is 5.82. The Morgan fingerprint density at radius 2 is 1.65 bits per heavy atom. The van der Waals surface area contributed by atoms with Gasteiger partial charge >= 0.3 is 0 Å². The second-order valence-corrected chi connectivity index (χ2v) is 6.28. The molecule has 0 saturated carbocycles. The van der Waals surface area contributed by atoms with Crippen LogP contribution in [0, 0.1) is 0 Å². The van der Waals surface area contributed by atoms with Crippen LogP contribution >= 0.6 is 0 Å². The molecule has 0 bridgehead atoms. The van der Waals surface area contributed by atoms with Gasteiger partial charge in [-0.25, -0.2) is 5.43 Å². The second kappa shape index (κ2) is 6.76. The maximum absolute atomic E-state index is 12.7. The predicted molar refractivity (Wildman–Crippen MR) is 87.7 cm³/mol. The molecule has 0 aromatic heterocycles. The molecule has 1 aromatic rings. The summed E-state index contributed by atoms with van der Waals surface area (Å²) < 4.78 is 10.8. The summed E-state index contributed by atoms with van der Waals surface area (Å²) in [4.78, 5) is 14.6. The van der Waals surface area contributed by atoms with Gasteiger partial charge in [0.2, 0.25) is 5.91 Å². The Bertz CT molecular complexity index is 556. The Morgan fingerprint density at radius 3 is 2.09 bits per heavy atom. The number of hydrogen-bond donors (Lipinski definition) is 2. The first-order valence-corrected chi connectivity index (χ1v) is 8.16. The van der Waals surface area contributed by atoms with Crippen LogP contribution in [0.25, 0.3) is 0 Å². The number of rotatable bonds is 3. The maximum Gasteiger partial charge on any atom is 0.241 e. The van der Waals surface area contributed by atoms with Crippen molar-refractivity contribution >= 4 is 5.91 Å². The summed E-state index contributed by atoms with van der Waals surface area (Å²) in [5.74, 6) is 1.69. The number of carbonyl (C=O) groups is 1. The van der Waals surface area contributed by atoms with Crippen LogP contribution in [0.4, 0.5) is 0 Å². The zero-order chi connectivity index (χ0) is 16.4. The van der Waals surface area contributed by atoms with Gasteiger partial charge in [-0.3, -0.25) is 10.2 Å². The summed E-state index contributed by atoms with van der Waals surface area (Å²) >= 11 is 0. The van der Waals surface area contributed by atoms with Crippen LogP contribution in [0.2, 0.25) is 0 Å². The minimum atomic E-state index is -0.115. The number of nitrogens with one attached hydrogen (secondary N) is 2. The van der Waals surface area contributed by atoms with Crippen molar-refractivity contribution in [2.24, 2.45) is 0 Å². The highest BCUT2D eigenvalue weighted by Crippen LogP contribution is 2.32. The third-order valence-electron chi connectivity index (χ3n) is 4.71. The summed E-state index contributed by atoms with van der Waals surface area (Å²) in [6, 6.07) is 4.30. The van der Waals surface area contributed by atoms with Gasteiger partial charge in [0.1, 0.15) is 6.04 Å². The smallest absolute Gasteiger partial charge is 0.241 e. The Morgan fingerprint density at radius 1 is 1.09 bits per heavy atom. The molecule has 1 aromatic carbocycles. The van der Waals surface area contributed by atoms with Gasteiger partial charge in [0.25, 0.3) is 0 Å². The largest absolute Gasteiger partial charge is 0.493 e. The monoisotopic (exact) mass is 319 g/mol. The lowest BCUT2D eigenvalue weighted by Crippen LogP contribution is -2.46. The first-order valence-electron chi connectivity index (χ1n) is 8.16. The molecule has 3 rings (SSSR count). The quantitative estimate of drug-likeness (QED) is 0.866. The molecule has 6 nitrogen and oxygen atoms in total. The summed E-state index contributed by atoms with van der Waals surface area (Å²) in [6.07, 6.45) is 2.53. The van der Waals surface area contributed by atoms with E-state index in [4.69, 9.17) is 9.47 Å². The van der Waals surface area contributed by atoms with Crippen molar-refractivity contribution in [1.82, 2.24) is 15.8 Å². The van der Waals surface area contributed by atoms with Crippen molar-refractivity contribution in [1.29, 1.82) is 0 Å². The SMILES string of the molecule is COc1cc2c(cc1OC)CCN(C(=O)C1CC(C)NN1)CC2. The predicted octanol–water partition coefficient (Wildman–Crippen LogP) is 0.886. The molecular weight excluding hydrogens is 294 g/mol. The van der Waals surface area contributed by atoms with Crippen LogP contribution in [0.1, 0.15) is 24.5 Å². The molecule has 2 unspecified atom stereocenters. The van der Waals surface area contributed by atoms with Crippen molar-refractivity contribution in [2.45, 2.75) is 38.3 Å². The van der Waals surface area contributed by atoms with Crippen molar-refractivity contribution < 1.29 is 14.3 Å². The summed E-state index contributed by atoms with van der Waals surface area (Å²) in [5, 5.41) is 0. The number of carbonyl (C=O) groups excluding carboxylic acids is 1. The van der Waals surface area contributed by atoms with E-state index in [1.165, 1.54) is 11.1 Å². The molecule has 2 aliphatic heterocycles. The second-order valence-electron chi connectivity index (χ2n) is 6.28. The molecule has 6 heteroatoms. The number of benzene rings is 1. The van der Waals surface area contributed by atoms with Crippen LogP contribution in [0.3, 0.4) is 0 Å². The van der Waals surface area contributed by atoms with E-state index in [-0.39, 0.29) is 11.9 Å². The topological polar surface area (TPSA) is 62.8 Å². The van der Waals surface area contributed by atoms with Crippen molar-refractivity contribution in [3.05, 3.63) is 23.3 Å². The third-order valence-corrected chi connectivity index (χ3v) is 4.71. The molecule has 23 heavy (non-hydrogen) atoms. The molecule has 1 amide bonds. The first-order chi connectivity index (χ1) is 11.1. The minimum absolute atomic E-state index is 0.115. The summed E-state index contributed by atoms with van der Waals surface area (Å²) in [5.41, 5.74) is 8.70. The normalized spacial score (nSPS) is 24.0. The fourth-order valence-electron chi connectivity index (χ4n) is 3.37. The molecule has 2 aliphatic rings. The molecule has 1 saturated heterocycles. The van der Waals surface area contributed by atoms with Gasteiger partial charge in [-0.2, -0.15) is 0 Å². The Labute approximate surface area is 137 Å². The highest BCUT2D eigenvalue weighted by atomic mass is 16.5. The van der Waals surface area contributed by atoms with Gasteiger partial charge in [-0.15, -0.1) is 0 Å². The maximum atomic E-state index is 12.7. The van der Waals surface area contributed by atoms with Gasteiger partial charge in [0.15, 0.2) is 11.5 Å². The lowest BCUT2D eigenvalue weighted by molar-refractivity contribution is -0.133. The lowest BCUT2D eigenvalue weighted by atomic mass is 10.0. The van der Waals surface area contributed by atoms with Crippen LogP contribution in [-0.2, 0) is 17.6 Å². The summed E-state index contributed by atoms with van der Waals surface area (Å²) in [7, 11) is 3.30. The zero-order valence-electron chi connectivity index (χ0n) is 14.0. The number of amides is 1. The average Bonchev–Trinajstić information content (AvgIpc) is 2.89. The number of fused-ring (bicyclic) bond motifs is 1. The van der Waals surface area contributed by atoms with Gasteiger partial charge in [0.05, 0.1) is 14.2 Å². The van der Waals surface area contributed by atoms with Gasteiger partial charge in [-0.05, 0) is 49.4 Å². The highest BCUT2D eigenvalue weighted by Gasteiger charge is 2.31. The summed E-state index contributed by atoms with van der Waals surface area (Å²) in [6.45, 7) is 3.57. The van der Waals surface area contributed by atoms with E-state index < -0.39 is 0 Å². The molecule has 0 spiro atoms. The fraction of sp³-hybridized carbons (Fsp3) is 0.588. The molecule has 0 aliphatic carbocycles. The molecule has 2 heterocycles. The van der Waals surface area contributed by atoms with E-state index in [0.29, 0.717) is 6.04 Å².